The third-order valence-corrected chi connectivity index (χ3v) is 7.43. The molecule has 1 aliphatic rings. The van der Waals surface area contributed by atoms with Gasteiger partial charge >= 0.3 is 0 Å². The Kier molecular flexibility index (Phi) is 8.68. The van der Waals surface area contributed by atoms with Crippen molar-refractivity contribution in [1.82, 2.24) is 5.32 Å². The lowest BCUT2D eigenvalue weighted by Crippen LogP contribution is -2.42. The summed E-state index contributed by atoms with van der Waals surface area (Å²) in [6.07, 6.45) is -0.0755. The van der Waals surface area contributed by atoms with E-state index in [0.717, 1.165) is 26.6 Å². The van der Waals surface area contributed by atoms with Crippen molar-refractivity contribution in [1.29, 1.82) is 10.8 Å². The SMILES string of the molecule is CC(=N)N1C(=N)[C@H](CC(=O)NCC#Cc2ccc(C#CCN)o2)N=C(c2ccc(Cl)cc2)c2c1sc(C)c2C. The van der Waals surface area contributed by atoms with E-state index in [4.69, 9.17) is 37.6 Å². The summed E-state index contributed by atoms with van der Waals surface area (Å²) < 4.78 is 5.48. The summed E-state index contributed by atoms with van der Waals surface area (Å²) in [4.78, 5) is 20.5. The molecule has 0 saturated heterocycles. The predicted molar refractivity (Wildman–Crippen MR) is 157 cm³/mol. The van der Waals surface area contributed by atoms with Crippen LogP contribution in [0.5, 0.6) is 0 Å². The highest BCUT2D eigenvalue weighted by molar-refractivity contribution is 7.17. The smallest absolute Gasteiger partial charge is 0.223 e. The number of halogens is 1. The number of thiophene rings is 1. The topological polar surface area (TPSA) is 132 Å². The van der Waals surface area contributed by atoms with Gasteiger partial charge in [-0.3, -0.25) is 25.5 Å². The normalized spacial score (nSPS) is 14.3. The zero-order chi connectivity index (χ0) is 28.1. The van der Waals surface area contributed by atoms with Gasteiger partial charge in [0.2, 0.25) is 5.91 Å². The van der Waals surface area contributed by atoms with Gasteiger partial charge in [0.1, 0.15) is 22.7 Å². The molecule has 5 N–H and O–H groups in total. The fourth-order valence-electron chi connectivity index (χ4n) is 4.02. The number of aliphatic imine (C=N–C) groups is 1. The first-order valence-corrected chi connectivity index (χ1v) is 13.3. The van der Waals surface area contributed by atoms with Gasteiger partial charge in [0, 0.05) is 21.0 Å². The van der Waals surface area contributed by atoms with E-state index >= 15 is 0 Å². The molecule has 3 aromatic rings. The first-order chi connectivity index (χ1) is 18.7. The highest BCUT2D eigenvalue weighted by atomic mass is 35.5. The Bertz CT molecular complexity index is 1590. The molecule has 2 aromatic heterocycles. The Morgan fingerprint density at radius 1 is 1.18 bits per heavy atom. The van der Waals surface area contributed by atoms with Crippen LogP contribution in [0.15, 0.2) is 45.8 Å². The number of anilines is 1. The van der Waals surface area contributed by atoms with Gasteiger partial charge in [0.15, 0.2) is 11.5 Å². The first kappa shape index (κ1) is 27.9. The Morgan fingerprint density at radius 2 is 1.85 bits per heavy atom. The number of amidine groups is 2. The largest absolute Gasteiger partial charge is 0.439 e. The number of rotatable bonds is 4. The number of carbonyl (C=O) groups excluding carboxylic acids is 1. The number of nitrogens with one attached hydrogen (secondary N) is 3. The van der Waals surface area contributed by atoms with E-state index in [1.54, 1.807) is 36.1 Å². The van der Waals surface area contributed by atoms with Crippen molar-refractivity contribution in [2.45, 2.75) is 33.2 Å². The highest BCUT2D eigenvalue weighted by Gasteiger charge is 2.34. The van der Waals surface area contributed by atoms with E-state index in [9.17, 15) is 4.79 Å². The molecule has 0 spiro atoms. The number of hydrogen-bond acceptors (Lipinski definition) is 7. The number of furan rings is 1. The van der Waals surface area contributed by atoms with Crippen LogP contribution in [0.2, 0.25) is 5.02 Å². The predicted octanol–water partition coefficient (Wildman–Crippen LogP) is 4.48. The van der Waals surface area contributed by atoms with E-state index < -0.39 is 6.04 Å². The van der Waals surface area contributed by atoms with Gasteiger partial charge in [-0.15, -0.1) is 11.3 Å². The van der Waals surface area contributed by atoms with Crippen molar-refractivity contribution in [3.05, 3.63) is 74.5 Å². The molecule has 0 saturated carbocycles. The van der Waals surface area contributed by atoms with Crippen LogP contribution >= 0.6 is 22.9 Å². The monoisotopic (exact) mass is 558 g/mol. The molecule has 0 aliphatic carbocycles. The molecule has 0 unspecified atom stereocenters. The van der Waals surface area contributed by atoms with Crippen molar-refractivity contribution in [2.24, 2.45) is 10.7 Å². The molecule has 10 heteroatoms. The summed E-state index contributed by atoms with van der Waals surface area (Å²) in [5, 5.41) is 21.5. The zero-order valence-electron chi connectivity index (χ0n) is 21.7. The first-order valence-electron chi connectivity index (χ1n) is 12.1. The summed E-state index contributed by atoms with van der Waals surface area (Å²) in [5.41, 5.74) is 8.74. The van der Waals surface area contributed by atoms with Gasteiger partial charge in [-0.2, -0.15) is 0 Å². The maximum absolute atomic E-state index is 12.9. The molecular formula is C29H27ClN6O2S. The van der Waals surface area contributed by atoms with Crippen molar-refractivity contribution in [3.63, 3.8) is 0 Å². The van der Waals surface area contributed by atoms with Crippen LogP contribution in [0.4, 0.5) is 5.00 Å². The summed E-state index contributed by atoms with van der Waals surface area (Å²) in [6, 6.07) is 9.93. The van der Waals surface area contributed by atoms with Crippen LogP contribution in [0, 0.1) is 48.3 Å². The summed E-state index contributed by atoms with van der Waals surface area (Å²) in [6.45, 7) is 5.98. The van der Waals surface area contributed by atoms with Crippen molar-refractivity contribution in [2.75, 3.05) is 18.0 Å². The molecule has 0 radical (unpaired) electrons. The minimum absolute atomic E-state index is 0.0666. The van der Waals surface area contributed by atoms with Gasteiger partial charge in [0.05, 0.1) is 25.2 Å². The number of amides is 1. The Hall–Kier alpha value is -4.15. The second kappa shape index (κ2) is 12.1. The molecule has 39 heavy (non-hydrogen) atoms. The quantitative estimate of drug-likeness (QED) is 0.213. The van der Waals surface area contributed by atoms with Gasteiger partial charge in [-0.25, -0.2) is 0 Å². The maximum atomic E-state index is 12.9. The number of nitrogens with two attached hydrogens (primary N) is 1. The Morgan fingerprint density at radius 3 is 2.49 bits per heavy atom. The third-order valence-electron chi connectivity index (χ3n) is 5.99. The van der Waals surface area contributed by atoms with Gasteiger partial charge < -0.3 is 15.5 Å². The summed E-state index contributed by atoms with van der Waals surface area (Å²) in [5.74, 6) is 12.1. The Balaban J connectivity index is 1.59. The van der Waals surface area contributed by atoms with Gasteiger partial charge in [-0.05, 0) is 62.4 Å². The van der Waals surface area contributed by atoms with E-state index in [-0.39, 0.29) is 37.1 Å². The Labute approximate surface area is 236 Å². The molecule has 1 atom stereocenters. The van der Waals surface area contributed by atoms with E-state index in [2.05, 4.69) is 29.0 Å². The van der Waals surface area contributed by atoms with Crippen LogP contribution < -0.4 is 16.0 Å². The lowest BCUT2D eigenvalue weighted by Gasteiger charge is -2.24. The second-order valence-electron chi connectivity index (χ2n) is 8.72. The molecule has 0 fully saturated rings. The molecule has 198 valence electrons. The molecule has 1 aliphatic heterocycles. The van der Waals surface area contributed by atoms with Crippen LogP contribution in [-0.2, 0) is 4.79 Å². The highest BCUT2D eigenvalue weighted by Crippen LogP contribution is 2.40. The van der Waals surface area contributed by atoms with Crippen molar-refractivity contribution in [3.8, 4) is 23.7 Å². The molecule has 4 rings (SSSR count). The molecule has 3 heterocycles. The van der Waals surface area contributed by atoms with E-state index in [1.165, 1.54) is 11.3 Å². The zero-order valence-corrected chi connectivity index (χ0v) is 23.3. The molecule has 0 bridgehead atoms. The number of nitrogens with zero attached hydrogens (tertiary/aromatic N) is 2. The lowest BCUT2D eigenvalue weighted by molar-refractivity contribution is -0.120. The minimum Gasteiger partial charge on any atom is -0.439 e. The average molecular weight is 559 g/mol. The standard InChI is InChI=1S/C29H27ClN6O2S/c1-17-18(2)39-29-26(17)27(20-8-10-21(30)11-9-20)35-24(28(33)36(29)19(3)32)16-25(37)34-15-5-7-23-13-12-22(38-23)6-4-14-31/h8-13,24,32-33H,14-16,31H2,1-3H3,(H,34,37)/t24-/m0/s1. The van der Waals surface area contributed by atoms with E-state index in [1.807, 2.05) is 26.0 Å². The average Bonchev–Trinajstić information content (AvgIpc) is 3.44. The second-order valence-corrected chi connectivity index (χ2v) is 10.4. The number of benzene rings is 1. The van der Waals surface area contributed by atoms with Crippen molar-refractivity contribution >= 4 is 51.2 Å². The van der Waals surface area contributed by atoms with Gasteiger partial charge in [-0.1, -0.05) is 35.6 Å². The van der Waals surface area contributed by atoms with Crippen molar-refractivity contribution < 1.29 is 9.21 Å². The third kappa shape index (κ3) is 6.30. The van der Waals surface area contributed by atoms with Crippen LogP contribution in [-0.4, -0.2) is 42.4 Å². The molecule has 1 amide bonds. The van der Waals surface area contributed by atoms with Gasteiger partial charge in [0.25, 0.3) is 0 Å². The molecule has 1 aromatic carbocycles. The van der Waals surface area contributed by atoms with Crippen LogP contribution in [0.25, 0.3) is 0 Å². The van der Waals surface area contributed by atoms with Crippen LogP contribution in [0.3, 0.4) is 0 Å². The molecular weight excluding hydrogens is 532 g/mol. The number of hydrogen-bond donors (Lipinski definition) is 4. The summed E-state index contributed by atoms with van der Waals surface area (Å²) in [7, 11) is 0. The lowest BCUT2D eigenvalue weighted by atomic mass is 9.99. The van der Waals surface area contributed by atoms with Crippen LogP contribution in [0.1, 0.15) is 46.4 Å². The summed E-state index contributed by atoms with van der Waals surface area (Å²) >= 11 is 7.64. The molecule has 8 nitrogen and oxygen atoms in total. The number of carbonyl (C=O) groups is 1. The number of fused-ring (bicyclic) bond motifs is 1. The fourth-order valence-corrected chi connectivity index (χ4v) is 5.37. The van der Waals surface area contributed by atoms with E-state index in [0.29, 0.717) is 22.3 Å². The fraction of sp³-hybridized carbons (Fsp3) is 0.241. The minimum atomic E-state index is -0.808. The maximum Gasteiger partial charge on any atom is 0.223 e. The number of aryl methyl sites for hydroxylation is 1.